The third-order valence-corrected chi connectivity index (χ3v) is 3.72. The molecular formula is C22H15N3. The maximum absolute atomic E-state index is 8.82. The van der Waals surface area contributed by atoms with Crippen LogP contribution in [-0.2, 0) is 0 Å². The third-order valence-electron chi connectivity index (χ3n) is 3.72. The Bertz CT molecular complexity index is 952. The van der Waals surface area contributed by atoms with Crippen LogP contribution in [-0.4, -0.2) is 0 Å². The fraction of sp³-hybridized carbons (Fsp3) is 0. The summed E-state index contributed by atoms with van der Waals surface area (Å²) in [6.45, 7) is 0. The highest BCUT2D eigenvalue weighted by Gasteiger charge is 1.96. The van der Waals surface area contributed by atoms with Crippen LogP contribution in [0.15, 0.2) is 72.8 Å². The smallest absolute Gasteiger partial charge is 0.0991 e. The van der Waals surface area contributed by atoms with Crippen LogP contribution in [0.25, 0.3) is 12.2 Å². The molecule has 3 aromatic rings. The lowest BCUT2D eigenvalue weighted by Crippen LogP contribution is -1.90. The van der Waals surface area contributed by atoms with E-state index in [0.717, 1.165) is 22.5 Å². The Morgan fingerprint density at radius 2 is 0.920 bits per heavy atom. The van der Waals surface area contributed by atoms with Crippen molar-refractivity contribution in [1.29, 1.82) is 10.5 Å². The SMILES string of the molecule is N#Cc1ccc(/C=C/c2ccc(Nc3ccc(C#N)cc3)cc2)cc1. The molecule has 1 N–H and O–H groups in total. The maximum atomic E-state index is 8.82. The van der Waals surface area contributed by atoms with Gasteiger partial charge in [0.1, 0.15) is 0 Å². The van der Waals surface area contributed by atoms with Crippen LogP contribution in [0, 0.1) is 22.7 Å². The quantitative estimate of drug-likeness (QED) is 0.659. The Hall–Kier alpha value is -3.82. The molecular weight excluding hydrogens is 306 g/mol. The summed E-state index contributed by atoms with van der Waals surface area (Å²) in [5.74, 6) is 0. The van der Waals surface area contributed by atoms with E-state index in [9.17, 15) is 0 Å². The number of hydrogen-bond donors (Lipinski definition) is 1. The van der Waals surface area contributed by atoms with E-state index in [-0.39, 0.29) is 0 Å². The van der Waals surface area contributed by atoms with E-state index in [1.165, 1.54) is 0 Å². The molecule has 0 aliphatic rings. The third kappa shape index (κ3) is 4.34. The Morgan fingerprint density at radius 1 is 0.560 bits per heavy atom. The Kier molecular flexibility index (Phi) is 4.90. The molecule has 0 spiro atoms. The molecule has 0 fully saturated rings. The predicted molar refractivity (Wildman–Crippen MR) is 101 cm³/mol. The molecule has 3 nitrogen and oxygen atoms in total. The molecule has 0 aliphatic carbocycles. The number of nitriles is 2. The Balaban J connectivity index is 1.66. The van der Waals surface area contributed by atoms with E-state index in [2.05, 4.69) is 17.5 Å². The standard InChI is InChI=1S/C22H15N3/c23-15-19-5-3-17(4-6-19)1-2-18-7-11-21(12-8-18)25-22-13-9-20(16-24)10-14-22/h1-14,25H/b2-1+. The van der Waals surface area contributed by atoms with Gasteiger partial charge in [-0.15, -0.1) is 0 Å². The summed E-state index contributed by atoms with van der Waals surface area (Å²) in [5.41, 5.74) is 5.39. The lowest BCUT2D eigenvalue weighted by molar-refractivity contribution is 1.47. The van der Waals surface area contributed by atoms with Gasteiger partial charge in [-0.1, -0.05) is 36.4 Å². The molecule has 0 saturated heterocycles. The van der Waals surface area contributed by atoms with Gasteiger partial charge in [0.2, 0.25) is 0 Å². The van der Waals surface area contributed by atoms with Gasteiger partial charge in [-0.2, -0.15) is 10.5 Å². The first-order valence-corrected chi connectivity index (χ1v) is 7.82. The Labute approximate surface area is 147 Å². The minimum atomic E-state index is 0.647. The van der Waals surface area contributed by atoms with Gasteiger partial charge in [0.15, 0.2) is 0 Å². The molecule has 0 amide bonds. The first-order valence-electron chi connectivity index (χ1n) is 7.82. The summed E-state index contributed by atoms with van der Waals surface area (Å²) in [6.07, 6.45) is 4.05. The summed E-state index contributed by atoms with van der Waals surface area (Å²) in [5, 5.41) is 20.9. The molecule has 118 valence electrons. The molecule has 0 unspecified atom stereocenters. The molecule has 3 heteroatoms. The van der Waals surface area contributed by atoms with Gasteiger partial charge < -0.3 is 5.32 Å². The fourth-order valence-corrected chi connectivity index (χ4v) is 2.33. The van der Waals surface area contributed by atoms with Crippen molar-refractivity contribution in [2.75, 3.05) is 5.32 Å². The van der Waals surface area contributed by atoms with Crippen molar-refractivity contribution in [3.05, 3.63) is 95.1 Å². The first-order chi connectivity index (χ1) is 12.3. The van der Waals surface area contributed by atoms with Crippen LogP contribution in [0.1, 0.15) is 22.3 Å². The minimum absolute atomic E-state index is 0.647. The van der Waals surface area contributed by atoms with Crippen molar-refractivity contribution < 1.29 is 0 Å². The molecule has 0 aliphatic heterocycles. The highest BCUT2D eigenvalue weighted by molar-refractivity contribution is 5.71. The fourth-order valence-electron chi connectivity index (χ4n) is 2.33. The van der Waals surface area contributed by atoms with Gasteiger partial charge in [-0.25, -0.2) is 0 Å². The zero-order valence-electron chi connectivity index (χ0n) is 13.5. The number of rotatable bonds is 4. The molecule has 0 heterocycles. The second-order valence-electron chi connectivity index (χ2n) is 5.50. The first kappa shape index (κ1) is 16.1. The lowest BCUT2D eigenvalue weighted by atomic mass is 10.1. The molecule has 3 aromatic carbocycles. The van der Waals surface area contributed by atoms with Crippen molar-refractivity contribution >= 4 is 23.5 Å². The van der Waals surface area contributed by atoms with Gasteiger partial charge >= 0.3 is 0 Å². The largest absolute Gasteiger partial charge is 0.356 e. The second-order valence-corrected chi connectivity index (χ2v) is 5.50. The molecule has 0 bridgehead atoms. The zero-order valence-corrected chi connectivity index (χ0v) is 13.5. The zero-order chi connectivity index (χ0) is 17.5. The highest BCUT2D eigenvalue weighted by Crippen LogP contribution is 2.18. The molecule has 25 heavy (non-hydrogen) atoms. The number of hydrogen-bond acceptors (Lipinski definition) is 3. The average molecular weight is 321 g/mol. The molecule has 0 atom stereocenters. The van der Waals surface area contributed by atoms with Crippen LogP contribution in [0.5, 0.6) is 0 Å². The number of nitrogens with zero attached hydrogens (tertiary/aromatic N) is 2. The van der Waals surface area contributed by atoms with Crippen molar-refractivity contribution in [3.8, 4) is 12.1 Å². The summed E-state index contributed by atoms with van der Waals surface area (Å²) >= 11 is 0. The highest BCUT2D eigenvalue weighted by atomic mass is 14.9. The summed E-state index contributed by atoms with van der Waals surface area (Å²) in [7, 11) is 0. The monoisotopic (exact) mass is 321 g/mol. The van der Waals surface area contributed by atoms with E-state index >= 15 is 0 Å². The number of benzene rings is 3. The van der Waals surface area contributed by atoms with Crippen LogP contribution < -0.4 is 5.32 Å². The van der Waals surface area contributed by atoms with Crippen molar-refractivity contribution in [2.24, 2.45) is 0 Å². The maximum Gasteiger partial charge on any atom is 0.0991 e. The van der Waals surface area contributed by atoms with Gasteiger partial charge in [-0.05, 0) is 59.7 Å². The summed E-state index contributed by atoms with van der Waals surface area (Å²) < 4.78 is 0. The van der Waals surface area contributed by atoms with Gasteiger partial charge in [-0.3, -0.25) is 0 Å². The van der Waals surface area contributed by atoms with Crippen molar-refractivity contribution in [2.45, 2.75) is 0 Å². The minimum Gasteiger partial charge on any atom is -0.356 e. The second kappa shape index (κ2) is 7.64. The summed E-state index contributed by atoms with van der Waals surface area (Å²) in [4.78, 5) is 0. The van der Waals surface area contributed by atoms with E-state index in [1.54, 1.807) is 12.1 Å². The topological polar surface area (TPSA) is 59.6 Å². The van der Waals surface area contributed by atoms with E-state index in [1.807, 2.05) is 72.8 Å². The van der Waals surface area contributed by atoms with Gasteiger partial charge in [0.25, 0.3) is 0 Å². The lowest BCUT2D eigenvalue weighted by Gasteiger charge is -2.06. The van der Waals surface area contributed by atoms with Crippen LogP contribution >= 0.6 is 0 Å². The molecule has 0 radical (unpaired) electrons. The van der Waals surface area contributed by atoms with E-state index in [0.29, 0.717) is 11.1 Å². The number of anilines is 2. The number of nitrogens with one attached hydrogen (secondary N) is 1. The normalized spacial score (nSPS) is 10.2. The van der Waals surface area contributed by atoms with Crippen LogP contribution in [0.3, 0.4) is 0 Å². The predicted octanol–water partition coefficient (Wildman–Crippen LogP) is 5.34. The average Bonchev–Trinajstić information content (AvgIpc) is 2.68. The molecule has 0 aromatic heterocycles. The van der Waals surface area contributed by atoms with Crippen LogP contribution in [0.2, 0.25) is 0 Å². The molecule has 3 rings (SSSR count). The van der Waals surface area contributed by atoms with Gasteiger partial charge in [0.05, 0.1) is 23.3 Å². The summed E-state index contributed by atoms with van der Waals surface area (Å²) in [6, 6.07) is 27.1. The van der Waals surface area contributed by atoms with Crippen LogP contribution in [0.4, 0.5) is 11.4 Å². The van der Waals surface area contributed by atoms with E-state index in [4.69, 9.17) is 10.5 Å². The Morgan fingerprint density at radius 3 is 1.36 bits per heavy atom. The van der Waals surface area contributed by atoms with Crippen molar-refractivity contribution in [1.82, 2.24) is 0 Å². The van der Waals surface area contributed by atoms with Gasteiger partial charge in [0, 0.05) is 11.4 Å². The van der Waals surface area contributed by atoms with Crippen molar-refractivity contribution in [3.63, 3.8) is 0 Å². The van der Waals surface area contributed by atoms with E-state index < -0.39 is 0 Å². The molecule has 0 saturated carbocycles.